The third-order valence-corrected chi connectivity index (χ3v) is 7.91. The van der Waals surface area contributed by atoms with Crippen LogP contribution >= 0.6 is 0 Å². The number of amides is 1. The van der Waals surface area contributed by atoms with Crippen molar-refractivity contribution in [2.45, 2.75) is 43.7 Å². The molecule has 9 heteroatoms. The van der Waals surface area contributed by atoms with Gasteiger partial charge in [-0.1, -0.05) is 25.1 Å². The molecule has 0 spiro atoms. The number of sulfonamides is 1. The van der Waals surface area contributed by atoms with Gasteiger partial charge < -0.3 is 19.5 Å². The van der Waals surface area contributed by atoms with Gasteiger partial charge in [0.15, 0.2) is 0 Å². The van der Waals surface area contributed by atoms with Crippen molar-refractivity contribution in [2.24, 2.45) is 11.8 Å². The maximum absolute atomic E-state index is 13.2. The Balaban J connectivity index is 2.11. The molecule has 1 fully saturated rings. The SMILES string of the molecule is CO[C@@H](CN(C)C(=O)C1CCOCC1)[C@H](C)CN([C@H](C)CO)S(=O)(=O)c1ccccc1. The van der Waals surface area contributed by atoms with Crippen molar-refractivity contribution < 1.29 is 27.8 Å². The summed E-state index contributed by atoms with van der Waals surface area (Å²) < 4.78 is 38.7. The largest absolute Gasteiger partial charge is 0.395 e. The second kappa shape index (κ2) is 11.9. The molecule has 1 aliphatic rings. The second-order valence-electron chi connectivity index (χ2n) is 8.28. The lowest BCUT2D eigenvalue weighted by atomic mass is 9.98. The first-order valence-corrected chi connectivity index (χ1v) is 12.2. The molecule has 1 aromatic carbocycles. The summed E-state index contributed by atoms with van der Waals surface area (Å²) in [6.07, 6.45) is 1.08. The maximum atomic E-state index is 13.2. The quantitative estimate of drug-likeness (QED) is 0.543. The number of methoxy groups -OCH3 is 1. The molecule has 0 bridgehead atoms. The minimum absolute atomic E-state index is 0.0454. The lowest BCUT2D eigenvalue weighted by Crippen LogP contribution is -2.48. The van der Waals surface area contributed by atoms with Crippen LogP contribution < -0.4 is 0 Å². The molecule has 0 radical (unpaired) electrons. The minimum atomic E-state index is -3.79. The van der Waals surface area contributed by atoms with Crippen molar-refractivity contribution in [2.75, 3.05) is 47.1 Å². The van der Waals surface area contributed by atoms with Crippen molar-refractivity contribution in [3.63, 3.8) is 0 Å². The molecule has 1 heterocycles. The van der Waals surface area contributed by atoms with Gasteiger partial charge in [0.2, 0.25) is 15.9 Å². The highest BCUT2D eigenvalue weighted by Gasteiger charge is 2.33. The van der Waals surface area contributed by atoms with Crippen molar-refractivity contribution in [3.05, 3.63) is 30.3 Å². The molecular formula is C22H36N2O6S. The summed E-state index contributed by atoms with van der Waals surface area (Å²) in [5, 5.41) is 9.69. The molecule has 0 saturated carbocycles. The van der Waals surface area contributed by atoms with Gasteiger partial charge in [0, 0.05) is 52.4 Å². The summed E-state index contributed by atoms with van der Waals surface area (Å²) >= 11 is 0. The van der Waals surface area contributed by atoms with Crippen molar-refractivity contribution in [1.82, 2.24) is 9.21 Å². The Bertz CT molecular complexity index is 782. The Morgan fingerprint density at radius 2 is 1.81 bits per heavy atom. The molecular weight excluding hydrogens is 420 g/mol. The zero-order valence-electron chi connectivity index (χ0n) is 18.9. The van der Waals surface area contributed by atoms with Crippen LogP contribution in [0.15, 0.2) is 35.2 Å². The van der Waals surface area contributed by atoms with Gasteiger partial charge >= 0.3 is 0 Å². The molecule has 176 valence electrons. The van der Waals surface area contributed by atoms with Crippen LogP contribution in [0.3, 0.4) is 0 Å². The van der Waals surface area contributed by atoms with E-state index in [9.17, 15) is 18.3 Å². The number of carbonyl (C=O) groups is 1. The summed E-state index contributed by atoms with van der Waals surface area (Å²) in [4.78, 5) is 14.6. The summed E-state index contributed by atoms with van der Waals surface area (Å²) in [7, 11) is -0.464. The van der Waals surface area contributed by atoms with Gasteiger partial charge in [-0.3, -0.25) is 4.79 Å². The Hall–Kier alpha value is -1.52. The Kier molecular flexibility index (Phi) is 9.90. The smallest absolute Gasteiger partial charge is 0.243 e. The van der Waals surface area contributed by atoms with E-state index < -0.39 is 16.1 Å². The number of hydrogen-bond donors (Lipinski definition) is 1. The van der Waals surface area contributed by atoms with E-state index in [1.54, 1.807) is 56.3 Å². The molecule has 31 heavy (non-hydrogen) atoms. The first-order chi connectivity index (χ1) is 14.7. The number of rotatable bonds is 11. The van der Waals surface area contributed by atoms with Gasteiger partial charge in [0.05, 0.1) is 17.6 Å². The zero-order chi connectivity index (χ0) is 23.0. The monoisotopic (exact) mass is 456 g/mol. The number of ether oxygens (including phenoxy) is 2. The van der Waals surface area contributed by atoms with Crippen molar-refractivity contribution in [3.8, 4) is 0 Å². The van der Waals surface area contributed by atoms with Crippen LogP contribution in [0.25, 0.3) is 0 Å². The number of nitrogens with zero attached hydrogens (tertiary/aromatic N) is 2. The molecule has 2 rings (SSSR count). The maximum Gasteiger partial charge on any atom is 0.243 e. The standard InChI is InChI=1S/C22H36N2O6S/c1-17(21(29-4)15-23(3)22(26)19-10-12-30-13-11-19)14-24(18(2)16-25)31(27,28)20-8-6-5-7-9-20/h5-9,17-19,21,25H,10-16H2,1-4H3/t17-,18-,21+/m1/s1. The van der Waals surface area contributed by atoms with E-state index >= 15 is 0 Å². The first kappa shape index (κ1) is 25.7. The highest BCUT2D eigenvalue weighted by molar-refractivity contribution is 7.89. The third kappa shape index (κ3) is 6.73. The van der Waals surface area contributed by atoms with Crippen molar-refractivity contribution in [1.29, 1.82) is 0 Å². The van der Waals surface area contributed by atoms with Crippen LogP contribution in [0.5, 0.6) is 0 Å². The second-order valence-corrected chi connectivity index (χ2v) is 10.2. The zero-order valence-corrected chi connectivity index (χ0v) is 19.8. The highest BCUT2D eigenvalue weighted by atomic mass is 32.2. The average Bonchev–Trinajstić information content (AvgIpc) is 2.80. The van der Waals surface area contributed by atoms with E-state index in [-0.39, 0.29) is 41.9 Å². The normalized spacial score (nSPS) is 18.5. The van der Waals surface area contributed by atoms with E-state index in [0.29, 0.717) is 32.6 Å². The van der Waals surface area contributed by atoms with E-state index in [1.165, 1.54) is 4.31 Å². The number of hydrogen-bond acceptors (Lipinski definition) is 6. The van der Waals surface area contributed by atoms with E-state index in [4.69, 9.17) is 9.47 Å². The van der Waals surface area contributed by atoms with Gasteiger partial charge in [0.1, 0.15) is 0 Å². The van der Waals surface area contributed by atoms with E-state index in [1.807, 2.05) is 6.92 Å². The van der Waals surface area contributed by atoms with Crippen LogP contribution in [0, 0.1) is 11.8 Å². The predicted octanol–water partition coefficient (Wildman–Crippen LogP) is 1.59. The molecule has 1 aliphatic heterocycles. The minimum Gasteiger partial charge on any atom is -0.395 e. The summed E-state index contributed by atoms with van der Waals surface area (Å²) in [6, 6.07) is 7.61. The Morgan fingerprint density at radius 1 is 1.19 bits per heavy atom. The summed E-state index contributed by atoms with van der Waals surface area (Å²) in [5.74, 6) is -0.187. The predicted molar refractivity (Wildman–Crippen MR) is 118 cm³/mol. The molecule has 0 aliphatic carbocycles. The Labute approximate surface area is 186 Å². The lowest BCUT2D eigenvalue weighted by Gasteiger charge is -2.34. The summed E-state index contributed by atoms with van der Waals surface area (Å²) in [6.45, 7) is 5.00. The van der Waals surface area contributed by atoms with Gasteiger partial charge in [-0.05, 0) is 37.8 Å². The van der Waals surface area contributed by atoms with Crippen LogP contribution in [0.1, 0.15) is 26.7 Å². The highest BCUT2D eigenvalue weighted by Crippen LogP contribution is 2.23. The van der Waals surface area contributed by atoms with Crippen molar-refractivity contribution >= 4 is 15.9 Å². The van der Waals surface area contributed by atoms with Crippen LogP contribution in [-0.4, -0.2) is 87.9 Å². The van der Waals surface area contributed by atoms with Crippen LogP contribution in [0.4, 0.5) is 0 Å². The topological polar surface area (TPSA) is 96.4 Å². The van der Waals surface area contributed by atoms with E-state index in [0.717, 1.165) is 0 Å². The fourth-order valence-electron chi connectivity index (χ4n) is 3.84. The molecule has 1 amide bonds. The van der Waals surface area contributed by atoms with Gasteiger partial charge in [-0.15, -0.1) is 0 Å². The molecule has 0 aromatic heterocycles. The molecule has 1 N–H and O–H groups in total. The molecule has 1 aromatic rings. The Morgan fingerprint density at radius 3 is 2.35 bits per heavy atom. The lowest BCUT2D eigenvalue weighted by molar-refractivity contribution is -0.139. The molecule has 1 saturated heterocycles. The number of carbonyl (C=O) groups excluding carboxylic acids is 1. The fraction of sp³-hybridized carbons (Fsp3) is 0.682. The van der Waals surface area contributed by atoms with Gasteiger partial charge in [-0.2, -0.15) is 4.31 Å². The average molecular weight is 457 g/mol. The number of benzene rings is 1. The molecule has 0 unspecified atom stereocenters. The van der Waals surface area contributed by atoms with Gasteiger partial charge in [-0.25, -0.2) is 8.42 Å². The van der Waals surface area contributed by atoms with Crippen LogP contribution in [-0.2, 0) is 24.3 Å². The number of likely N-dealkylation sites (N-methyl/N-ethyl adjacent to an activating group) is 1. The van der Waals surface area contributed by atoms with E-state index in [2.05, 4.69) is 0 Å². The third-order valence-electron chi connectivity index (χ3n) is 5.91. The number of aliphatic hydroxyl groups excluding tert-OH is 1. The number of aliphatic hydroxyl groups is 1. The van der Waals surface area contributed by atoms with Gasteiger partial charge in [0.25, 0.3) is 0 Å². The molecule has 3 atom stereocenters. The first-order valence-electron chi connectivity index (χ1n) is 10.8. The molecule has 8 nitrogen and oxygen atoms in total. The summed E-state index contributed by atoms with van der Waals surface area (Å²) in [5.41, 5.74) is 0. The van der Waals surface area contributed by atoms with Crippen LogP contribution in [0.2, 0.25) is 0 Å². The fourth-order valence-corrected chi connectivity index (χ4v) is 5.58.